The molecule has 1 aromatic carbocycles. The monoisotopic (exact) mass is 469 g/mol. The molecule has 0 bridgehead atoms. The lowest BCUT2D eigenvalue weighted by Gasteiger charge is -2.30. The topological polar surface area (TPSA) is 121 Å². The maximum absolute atomic E-state index is 12.2. The van der Waals surface area contributed by atoms with Crippen molar-refractivity contribution in [2.24, 2.45) is 5.92 Å². The molecule has 8 nitrogen and oxygen atoms in total. The molecule has 0 radical (unpaired) electrons. The number of ether oxygens (including phenoxy) is 2. The maximum atomic E-state index is 12.2. The molecule has 2 saturated carbocycles. The van der Waals surface area contributed by atoms with Crippen molar-refractivity contribution in [3.8, 4) is 5.75 Å². The number of amides is 1. The minimum atomic E-state index is 0.00319. The second kappa shape index (κ2) is 13.1. The van der Waals surface area contributed by atoms with Crippen molar-refractivity contribution in [2.75, 3.05) is 18.9 Å². The summed E-state index contributed by atoms with van der Waals surface area (Å²) >= 11 is 0. The molecular weight excluding hydrogens is 434 g/mol. The molecule has 0 unspecified atom stereocenters. The smallest absolute Gasteiger partial charge is 0.373 e. The first-order chi connectivity index (χ1) is 16.5. The van der Waals surface area contributed by atoms with E-state index in [9.17, 15) is 4.79 Å². The molecule has 2 aromatic rings. The van der Waals surface area contributed by atoms with Crippen molar-refractivity contribution < 1.29 is 23.9 Å². The first kappa shape index (κ1) is 25.7. The van der Waals surface area contributed by atoms with Gasteiger partial charge in [-0.05, 0) is 69.6 Å². The largest absolute Gasteiger partial charge is 0.490 e. The lowest BCUT2D eigenvalue weighted by Crippen LogP contribution is -2.41. The van der Waals surface area contributed by atoms with E-state index in [0.717, 1.165) is 54.6 Å². The second-order valence-corrected chi connectivity index (χ2v) is 9.26. The minimum absolute atomic E-state index is 0.00319. The van der Waals surface area contributed by atoms with Gasteiger partial charge in [0.2, 0.25) is 5.91 Å². The molecule has 3 N–H and O–H groups in total. The summed E-state index contributed by atoms with van der Waals surface area (Å²) in [5.41, 5.74) is 8.72. The standard InChI is InChI=1S/C25H35N3O3.CO2/c1-17-14-21(26)25-22(27-17)8-5-9-23(25)31-20-12-10-19(11-13-20)28-24(29)16-30-15-18-6-3-2-4-7-18;2-1-3/h5,8-9,14,18-20H,2-4,6-7,10-13,15-16H2,1H3,(H2,26,27)(H,28,29);. The van der Waals surface area contributed by atoms with Crippen LogP contribution in [-0.2, 0) is 19.1 Å². The molecule has 0 aliphatic heterocycles. The Labute approximate surface area is 200 Å². The van der Waals surface area contributed by atoms with Crippen molar-refractivity contribution in [1.82, 2.24) is 10.3 Å². The fraction of sp³-hybridized carbons (Fsp3) is 0.577. The Hall–Kier alpha value is -2.96. The van der Waals surface area contributed by atoms with Gasteiger partial charge in [-0.3, -0.25) is 9.78 Å². The van der Waals surface area contributed by atoms with E-state index in [1.165, 1.54) is 32.1 Å². The van der Waals surface area contributed by atoms with Crippen molar-refractivity contribution in [3.63, 3.8) is 0 Å². The predicted octanol–water partition coefficient (Wildman–Crippen LogP) is 3.95. The average molecular weight is 470 g/mol. The zero-order chi connectivity index (χ0) is 24.3. The molecule has 0 saturated heterocycles. The summed E-state index contributed by atoms with van der Waals surface area (Å²) in [6.45, 7) is 2.84. The van der Waals surface area contributed by atoms with E-state index in [1.54, 1.807) is 0 Å². The fourth-order valence-corrected chi connectivity index (χ4v) is 4.97. The molecule has 4 rings (SSSR count). The summed E-state index contributed by atoms with van der Waals surface area (Å²) in [4.78, 5) is 33.1. The van der Waals surface area contributed by atoms with Gasteiger partial charge in [-0.1, -0.05) is 25.3 Å². The van der Waals surface area contributed by atoms with Crippen molar-refractivity contribution in [1.29, 1.82) is 0 Å². The number of anilines is 1. The summed E-state index contributed by atoms with van der Waals surface area (Å²) in [5, 5.41) is 4.02. The number of nitrogens with one attached hydrogen (secondary N) is 1. The molecule has 2 aliphatic carbocycles. The van der Waals surface area contributed by atoms with Crippen molar-refractivity contribution >= 4 is 28.6 Å². The Morgan fingerprint density at radius 2 is 1.82 bits per heavy atom. The highest BCUT2D eigenvalue weighted by Crippen LogP contribution is 2.33. The van der Waals surface area contributed by atoms with Gasteiger partial charge in [0.05, 0.1) is 23.6 Å². The van der Waals surface area contributed by atoms with Gasteiger partial charge in [-0.2, -0.15) is 9.59 Å². The average Bonchev–Trinajstić information content (AvgIpc) is 2.81. The molecule has 1 heterocycles. The highest BCUT2D eigenvalue weighted by molar-refractivity contribution is 5.95. The van der Waals surface area contributed by atoms with Crippen LogP contribution in [0.3, 0.4) is 0 Å². The van der Waals surface area contributed by atoms with E-state index < -0.39 is 0 Å². The van der Waals surface area contributed by atoms with Gasteiger partial charge in [0.25, 0.3) is 0 Å². The van der Waals surface area contributed by atoms with Crippen molar-refractivity contribution in [3.05, 3.63) is 30.0 Å². The third-order valence-corrected chi connectivity index (χ3v) is 6.60. The van der Waals surface area contributed by atoms with Gasteiger partial charge >= 0.3 is 6.15 Å². The van der Waals surface area contributed by atoms with E-state index in [2.05, 4.69) is 10.3 Å². The number of benzene rings is 1. The van der Waals surface area contributed by atoms with Crippen LogP contribution in [0.5, 0.6) is 5.75 Å². The minimum Gasteiger partial charge on any atom is -0.490 e. The molecule has 2 aliphatic rings. The number of nitrogens with two attached hydrogens (primary N) is 1. The molecule has 1 amide bonds. The van der Waals surface area contributed by atoms with Gasteiger partial charge in [-0.25, -0.2) is 0 Å². The normalized spacial score (nSPS) is 20.6. The summed E-state index contributed by atoms with van der Waals surface area (Å²) in [6.07, 6.45) is 10.4. The Kier molecular flexibility index (Phi) is 9.86. The number of rotatable bonds is 7. The predicted molar refractivity (Wildman–Crippen MR) is 128 cm³/mol. The third-order valence-electron chi connectivity index (χ3n) is 6.60. The van der Waals surface area contributed by atoms with E-state index in [4.69, 9.17) is 24.8 Å². The van der Waals surface area contributed by atoms with Crippen LogP contribution in [0.15, 0.2) is 24.3 Å². The van der Waals surface area contributed by atoms with E-state index in [0.29, 0.717) is 11.6 Å². The Balaban J connectivity index is 0.00000103. The lowest BCUT2D eigenvalue weighted by atomic mass is 9.90. The van der Waals surface area contributed by atoms with Crippen LogP contribution < -0.4 is 15.8 Å². The number of aromatic nitrogens is 1. The lowest BCUT2D eigenvalue weighted by molar-refractivity contribution is -0.191. The number of carbonyl (C=O) groups is 1. The van der Waals surface area contributed by atoms with Gasteiger partial charge in [0.15, 0.2) is 0 Å². The number of hydrogen-bond acceptors (Lipinski definition) is 7. The number of nitrogen functional groups attached to an aromatic ring is 1. The van der Waals surface area contributed by atoms with Gasteiger partial charge in [0.1, 0.15) is 12.4 Å². The number of fused-ring (bicyclic) bond motifs is 1. The van der Waals surface area contributed by atoms with Crippen molar-refractivity contribution in [2.45, 2.75) is 76.9 Å². The zero-order valence-corrected chi connectivity index (χ0v) is 19.9. The van der Waals surface area contributed by atoms with Crippen LogP contribution in [0.1, 0.15) is 63.5 Å². The Bertz CT molecular complexity index is 976. The molecule has 8 heteroatoms. The van der Waals surface area contributed by atoms with Crippen LogP contribution in [0.25, 0.3) is 10.9 Å². The number of aryl methyl sites for hydroxylation is 1. The maximum Gasteiger partial charge on any atom is 0.373 e. The highest BCUT2D eigenvalue weighted by atomic mass is 16.5. The molecular formula is C26H35N3O5. The van der Waals surface area contributed by atoms with Gasteiger partial charge < -0.3 is 20.5 Å². The zero-order valence-electron chi connectivity index (χ0n) is 19.9. The second-order valence-electron chi connectivity index (χ2n) is 9.26. The molecule has 34 heavy (non-hydrogen) atoms. The number of pyridine rings is 1. The van der Waals surface area contributed by atoms with E-state index >= 15 is 0 Å². The highest BCUT2D eigenvalue weighted by Gasteiger charge is 2.24. The molecule has 184 valence electrons. The molecule has 0 atom stereocenters. The van der Waals surface area contributed by atoms with Crippen LogP contribution >= 0.6 is 0 Å². The fourth-order valence-electron chi connectivity index (χ4n) is 4.97. The summed E-state index contributed by atoms with van der Waals surface area (Å²) in [5.74, 6) is 1.44. The number of nitrogens with zero attached hydrogens (tertiary/aromatic N) is 1. The first-order valence-corrected chi connectivity index (χ1v) is 12.2. The van der Waals surface area contributed by atoms with Gasteiger partial charge in [-0.15, -0.1) is 0 Å². The summed E-state index contributed by atoms with van der Waals surface area (Å²) in [6, 6.07) is 7.98. The molecule has 1 aromatic heterocycles. The molecule has 0 spiro atoms. The van der Waals surface area contributed by atoms with Gasteiger partial charge in [0, 0.05) is 17.4 Å². The third kappa shape index (κ3) is 7.54. The van der Waals surface area contributed by atoms with Crippen LogP contribution in [0, 0.1) is 12.8 Å². The Morgan fingerprint density at radius 1 is 1.12 bits per heavy atom. The van der Waals surface area contributed by atoms with Crippen LogP contribution in [-0.4, -0.2) is 42.4 Å². The number of hydrogen-bond donors (Lipinski definition) is 2. The SMILES string of the molecule is Cc1cc(N)c2c(OC3CCC(NC(=O)COCC4CCCCC4)CC3)cccc2n1.O=C=O. The van der Waals surface area contributed by atoms with Crippen LogP contribution in [0.2, 0.25) is 0 Å². The first-order valence-electron chi connectivity index (χ1n) is 12.2. The Morgan fingerprint density at radius 3 is 2.53 bits per heavy atom. The summed E-state index contributed by atoms with van der Waals surface area (Å²) < 4.78 is 12.0. The number of carbonyl (C=O) groups excluding carboxylic acids is 3. The quantitative estimate of drug-likeness (QED) is 0.630. The van der Waals surface area contributed by atoms with Crippen LogP contribution in [0.4, 0.5) is 5.69 Å². The van der Waals surface area contributed by atoms with E-state index in [-0.39, 0.29) is 30.8 Å². The molecule has 2 fully saturated rings. The summed E-state index contributed by atoms with van der Waals surface area (Å²) in [7, 11) is 0. The van der Waals surface area contributed by atoms with E-state index in [1.807, 2.05) is 31.2 Å².